The van der Waals surface area contributed by atoms with Gasteiger partial charge in [-0.05, 0) is 48.7 Å². The number of guanidine groups is 1. The molecule has 2 unspecified atom stereocenters. The van der Waals surface area contributed by atoms with Gasteiger partial charge in [0.25, 0.3) is 0 Å². The molecule has 5 nitrogen and oxygen atoms in total. The fourth-order valence-corrected chi connectivity index (χ4v) is 3.46. The molecule has 0 radical (unpaired) electrons. The summed E-state index contributed by atoms with van der Waals surface area (Å²) in [5, 5.41) is 3.45. The fraction of sp³-hybridized carbons (Fsp3) is 0.409. The predicted octanol–water partition coefficient (Wildman–Crippen LogP) is 3.41. The van der Waals surface area contributed by atoms with Gasteiger partial charge in [-0.2, -0.15) is 0 Å². The van der Waals surface area contributed by atoms with Gasteiger partial charge in [0.05, 0.1) is 19.8 Å². The average molecular weight is 385 g/mol. The first kappa shape index (κ1) is 20.1. The average Bonchev–Trinajstić information content (AvgIpc) is 2.71. The highest BCUT2D eigenvalue weighted by molar-refractivity contribution is 5.80. The molecule has 1 fully saturated rings. The van der Waals surface area contributed by atoms with Crippen LogP contribution in [0.3, 0.4) is 0 Å². The van der Waals surface area contributed by atoms with E-state index in [9.17, 15) is 4.39 Å². The van der Waals surface area contributed by atoms with Crippen molar-refractivity contribution in [3.05, 3.63) is 65.5 Å². The Bertz CT molecular complexity index is 795. The molecule has 3 rings (SSSR count). The van der Waals surface area contributed by atoms with Crippen LogP contribution in [-0.2, 0) is 11.2 Å². The molecule has 0 bridgehead atoms. The first-order chi connectivity index (χ1) is 13.6. The highest BCUT2D eigenvalue weighted by Gasteiger charge is 2.28. The summed E-state index contributed by atoms with van der Waals surface area (Å²) in [4.78, 5) is 6.65. The summed E-state index contributed by atoms with van der Waals surface area (Å²) >= 11 is 0. The normalized spacial score (nSPS) is 20.1. The zero-order valence-electron chi connectivity index (χ0n) is 16.7. The number of aliphatic imine (C=N–C) groups is 1. The molecule has 0 aromatic heterocycles. The van der Waals surface area contributed by atoms with Crippen LogP contribution in [0.2, 0.25) is 0 Å². The smallest absolute Gasteiger partial charge is 0.193 e. The highest BCUT2D eigenvalue weighted by atomic mass is 19.1. The molecule has 2 aromatic carbocycles. The zero-order valence-corrected chi connectivity index (χ0v) is 16.7. The molecule has 0 saturated carbocycles. The molecular weight excluding hydrogens is 357 g/mol. The lowest BCUT2D eigenvalue weighted by molar-refractivity contribution is -0.0604. The van der Waals surface area contributed by atoms with Gasteiger partial charge in [-0.15, -0.1) is 0 Å². The first-order valence-corrected chi connectivity index (χ1v) is 9.58. The van der Waals surface area contributed by atoms with Gasteiger partial charge in [-0.25, -0.2) is 4.39 Å². The van der Waals surface area contributed by atoms with Gasteiger partial charge in [0, 0.05) is 20.1 Å². The van der Waals surface area contributed by atoms with Gasteiger partial charge < -0.3 is 19.7 Å². The molecule has 1 aliphatic rings. The minimum atomic E-state index is -0.237. The molecule has 28 heavy (non-hydrogen) atoms. The summed E-state index contributed by atoms with van der Waals surface area (Å²) in [6, 6.07) is 14.6. The quantitative estimate of drug-likeness (QED) is 0.633. The zero-order chi connectivity index (χ0) is 19.9. The second-order valence-corrected chi connectivity index (χ2v) is 6.97. The molecular formula is C22H28FN3O2. The van der Waals surface area contributed by atoms with E-state index in [1.165, 1.54) is 17.7 Å². The van der Waals surface area contributed by atoms with E-state index in [1.54, 1.807) is 26.3 Å². The van der Waals surface area contributed by atoms with Crippen LogP contribution in [0, 0.1) is 5.82 Å². The van der Waals surface area contributed by atoms with Gasteiger partial charge in [0.1, 0.15) is 17.7 Å². The summed E-state index contributed by atoms with van der Waals surface area (Å²) in [6.07, 6.45) is 0.819. The van der Waals surface area contributed by atoms with Crippen LogP contribution in [0.5, 0.6) is 5.75 Å². The Balaban J connectivity index is 1.60. The van der Waals surface area contributed by atoms with Crippen molar-refractivity contribution < 1.29 is 13.9 Å². The maximum Gasteiger partial charge on any atom is 0.193 e. The van der Waals surface area contributed by atoms with Crippen LogP contribution in [0.25, 0.3) is 0 Å². The van der Waals surface area contributed by atoms with Crippen LogP contribution in [0.4, 0.5) is 4.39 Å². The third-order valence-electron chi connectivity index (χ3n) is 4.84. The number of methoxy groups -OCH3 is 1. The summed E-state index contributed by atoms with van der Waals surface area (Å²) in [6.45, 7) is 4.25. The van der Waals surface area contributed by atoms with Gasteiger partial charge in [0.2, 0.25) is 0 Å². The van der Waals surface area contributed by atoms with E-state index in [-0.39, 0.29) is 18.0 Å². The molecule has 2 atom stereocenters. The van der Waals surface area contributed by atoms with E-state index < -0.39 is 0 Å². The largest absolute Gasteiger partial charge is 0.497 e. The summed E-state index contributed by atoms with van der Waals surface area (Å²) in [5.41, 5.74) is 2.19. The first-order valence-electron chi connectivity index (χ1n) is 9.58. The van der Waals surface area contributed by atoms with Crippen LogP contribution >= 0.6 is 0 Å². The van der Waals surface area contributed by atoms with Crippen LogP contribution in [0.15, 0.2) is 53.5 Å². The van der Waals surface area contributed by atoms with Crippen molar-refractivity contribution in [2.75, 3.05) is 33.8 Å². The van der Waals surface area contributed by atoms with Crippen molar-refractivity contribution >= 4 is 5.96 Å². The molecule has 1 N–H and O–H groups in total. The number of hydrogen-bond acceptors (Lipinski definition) is 3. The lowest BCUT2D eigenvalue weighted by Crippen LogP contribution is -2.51. The second-order valence-electron chi connectivity index (χ2n) is 6.97. The third kappa shape index (κ3) is 5.23. The molecule has 1 saturated heterocycles. The molecule has 150 valence electrons. The predicted molar refractivity (Wildman–Crippen MR) is 109 cm³/mol. The van der Waals surface area contributed by atoms with Crippen LogP contribution in [-0.4, -0.2) is 50.8 Å². The minimum Gasteiger partial charge on any atom is -0.497 e. The molecule has 1 heterocycles. The van der Waals surface area contributed by atoms with E-state index in [1.807, 2.05) is 25.1 Å². The SMILES string of the molecule is CN=C(NCCc1cccc(OC)c1)N1CC(C)OC(c2ccc(F)cc2)C1. The number of ether oxygens (including phenoxy) is 2. The van der Waals surface area contributed by atoms with E-state index >= 15 is 0 Å². The van der Waals surface area contributed by atoms with Gasteiger partial charge in [0.15, 0.2) is 5.96 Å². The van der Waals surface area contributed by atoms with Crippen molar-refractivity contribution in [3.63, 3.8) is 0 Å². The summed E-state index contributed by atoms with van der Waals surface area (Å²) in [7, 11) is 3.47. The Kier molecular flexibility index (Phi) is 6.87. The number of hydrogen-bond donors (Lipinski definition) is 1. The molecule has 0 amide bonds. The fourth-order valence-electron chi connectivity index (χ4n) is 3.46. The van der Waals surface area contributed by atoms with Crippen molar-refractivity contribution in [2.45, 2.75) is 25.6 Å². The van der Waals surface area contributed by atoms with E-state index in [0.29, 0.717) is 6.54 Å². The van der Waals surface area contributed by atoms with Crippen LogP contribution < -0.4 is 10.1 Å². The Labute approximate surface area is 166 Å². The lowest BCUT2D eigenvalue weighted by Gasteiger charge is -2.38. The van der Waals surface area contributed by atoms with Gasteiger partial charge in [-0.3, -0.25) is 4.99 Å². The monoisotopic (exact) mass is 385 g/mol. The Morgan fingerprint density at radius 2 is 2.04 bits per heavy atom. The molecule has 1 aliphatic heterocycles. The number of nitrogens with zero attached hydrogens (tertiary/aromatic N) is 2. The Hall–Kier alpha value is -2.60. The topological polar surface area (TPSA) is 46.1 Å². The van der Waals surface area contributed by atoms with Crippen molar-refractivity contribution in [3.8, 4) is 5.75 Å². The minimum absolute atomic E-state index is 0.0562. The lowest BCUT2D eigenvalue weighted by atomic mass is 10.1. The molecule has 0 spiro atoms. The standard InChI is InChI=1S/C22H28FN3O2/c1-16-14-26(15-21(28-16)18-7-9-19(23)10-8-18)22(24-2)25-12-11-17-5-4-6-20(13-17)27-3/h4-10,13,16,21H,11-12,14-15H2,1-3H3,(H,24,25). The number of halogens is 1. The summed E-state index contributed by atoms with van der Waals surface area (Å²) < 4.78 is 24.6. The molecule has 6 heteroatoms. The highest BCUT2D eigenvalue weighted by Crippen LogP contribution is 2.25. The van der Waals surface area contributed by atoms with Crippen molar-refractivity contribution in [2.24, 2.45) is 4.99 Å². The third-order valence-corrected chi connectivity index (χ3v) is 4.84. The van der Waals surface area contributed by atoms with E-state index in [2.05, 4.69) is 21.3 Å². The van der Waals surface area contributed by atoms with Crippen molar-refractivity contribution in [1.29, 1.82) is 0 Å². The molecule has 0 aliphatic carbocycles. The van der Waals surface area contributed by atoms with Crippen LogP contribution in [0.1, 0.15) is 24.2 Å². The maximum atomic E-state index is 13.2. The van der Waals surface area contributed by atoms with Gasteiger partial charge >= 0.3 is 0 Å². The van der Waals surface area contributed by atoms with Crippen molar-refractivity contribution in [1.82, 2.24) is 10.2 Å². The maximum absolute atomic E-state index is 13.2. The van der Waals surface area contributed by atoms with E-state index in [4.69, 9.17) is 9.47 Å². The number of nitrogens with one attached hydrogen (secondary N) is 1. The Morgan fingerprint density at radius 1 is 1.25 bits per heavy atom. The Morgan fingerprint density at radius 3 is 2.75 bits per heavy atom. The van der Waals surface area contributed by atoms with E-state index in [0.717, 1.165) is 36.8 Å². The molecule has 2 aromatic rings. The number of morpholine rings is 1. The van der Waals surface area contributed by atoms with Gasteiger partial charge in [-0.1, -0.05) is 24.3 Å². The number of rotatable bonds is 5. The summed E-state index contributed by atoms with van der Waals surface area (Å²) in [5.74, 6) is 1.48. The number of benzene rings is 2. The second kappa shape index (κ2) is 9.55.